The van der Waals surface area contributed by atoms with E-state index < -0.39 is 41.9 Å². The van der Waals surface area contributed by atoms with Crippen LogP contribution in [-0.4, -0.2) is 54.0 Å². The van der Waals surface area contributed by atoms with Crippen molar-refractivity contribution in [3.63, 3.8) is 0 Å². The van der Waals surface area contributed by atoms with Gasteiger partial charge in [0.25, 0.3) is 5.91 Å². The number of hydrogen-bond acceptors (Lipinski definition) is 5. The normalized spacial score (nSPS) is 14.2. The quantitative estimate of drug-likeness (QED) is 0.443. The first-order valence-electron chi connectivity index (χ1n) is 12.0. The number of rotatable bonds is 9. The molecule has 10 heteroatoms. The predicted molar refractivity (Wildman–Crippen MR) is 137 cm³/mol. The first kappa shape index (κ1) is 26.7. The van der Waals surface area contributed by atoms with Crippen molar-refractivity contribution in [2.75, 3.05) is 31.1 Å². The first-order valence-corrected chi connectivity index (χ1v) is 12.0. The summed E-state index contributed by atoms with van der Waals surface area (Å²) in [7, 11) is 0. The van der Waals surface area contributed by atoms with Crippen molar-refractivity contribution in [3.05, 3.63) is 83.4 Å². The number of hydrogen-bond donors (Lipinski definition) is 2. The number of carbonyl (C=O) groups excluding carboxylic acids is 2. The van der Waals surface area contributed by atoms with Crippen LogP contribution in [0.25, 0.3) is 11.1 Å². The van der Waals surface area contributed by atoms with Gasteiger partial charge in [-0.3, -0.25) is 14.4 Å². The van der Waals surface area contributed by atoms with Gasteiger partial charge < -0.3 is 25.4 Å². The average Bonchev–Trinajstić information content (AvgIpc) is 2.99. The molecule has 1 aliphatic heterocycles. The van der Waals surface area contributed by atoms with Crippen LogP contribution in [0, 0.1) is 17.6 Å². The summed E-state index contributed by atoms with van der Waals surface area (Å²) in [6, 6.07) is 15.2. The van der Waals surface area contributed by atoms with E-state index in [1.165, 1.54) is 22.8 Å². The molecule has 0 bridgehead atoms. The summed E-state index contributed by atoms with van der Waals surface area (Å²) in [6.45, 7) is 1.38. The smallest absolute Gasteiger partial charge is 0.308 e. The number of anilines is 1. The van der Waals surface area contributed by atoms with Gasteiger partial charge in [-0.1, -0.05) is 31.2 Å². The van der Waals surface area contributed by atoms with Gasteiger partial charge in [-0.15, -0.1) is 0 Å². The van der Waals surface area contributed by atoms with E-state index >= 15 is 0 Å². The molecular formula is C28H27F2N3O5. The van der Waals surface area contributed by atoms with Gasteiger partial charge in [-0.25, -0.2) is 8.78 Å². The van der Waals surface area contributed by atoms with Crippen molar-refractivity contribution in [2.24, 2.45) is 11.7 Å². The number of nitrogens with zero attached hydrogens (tertiary/aromatic N) is 2. The number of aliphatic carboxylic acids is 1. The zero-order chi connectivity index (χ0) is 27.4. The van der Waals surface area contributed by atoms with Gasteiger partial charge in [0.1, 0.15) is 30.5 Å². The molecule has 0 aromatic heterocycles. The third kappa shape index (κ3) is 5.81. The molecule has 1 unspecified atom stereocenters. The number of carboxylic acids is 1. The minimum Gasteiger partial charge on any atom is -0.492 e. The Kier molecular flexibility index (Phi) is 8.02. The van der Waals surface area contributed by atoms with Crippen molar-refractivity contribution in [1.82, 2.24) is 4.90 Å². The van der Waals surface area contributed by atoms with Crippen LogP contribution in [0.5, 0.6) is 5.75 Å². The lowest BCUT2D eigenvalue weighted by Gasteiger charge is -2.24. The van der Waals surface area contributed by atoms with Crippen LogP contribution in [0.15, 0.2) is 60.7 Å². The Morgan fingerprint density at radius 1 is 1.05 bits per heavy atom. The highest BCUT2D eigenvalue weighted by Gasteiger charge is 2.34. The summed E-state index contributed by atoms with van der Waals surface area (Å²) in [5.74, 6) is -3.99. The molecule has 3 N–H and O–H groups in total. The molecule has 2 amide bonds. The second-order valence-corrected chi connectivity index (χ2v) is 9.03. The minimum atomic E-state index is -1.11. The molecule has 8 nitrogen and oxygen atoms in total. The molecule has 4 rings (SSSR count). The summed E-state index contributed by atoms with van der Waals surface area (Å²) in [5.41, 5.74) is 7.41. The number of nitrogens with two attached hydrogens (primary N) is 1. The number of halogens is 2. The lowest BCUT2D eigenvalue weighted by Crippen LogP contribution is -2.42. The maximum atomic E-state index is 14.5. The van der Waals surface area contributed by atoms with E-state index in [0.29, 0.717) is 24.5 Å². The van der Waals surface area contributed by atoms with Gasteiger partial charge in [0.15, 0.2) is 0 Å². The van der Waals surface area contributed by atoms with Crippen LogP contribution >= 0.6 is 0 Å². The first-order chi connectivity index (χ1) is 18.2. The molecule has 1 aliphatic rings. The van der Waals surface area contributed by atoms with Crippen molar-refractivity contribution < 1.29 is 33.0 Å². The summed E-state index contributed by atoms with van der Waals surface area (Å²) >= 11 is 0. The van der Waals surface area contributed by atoms with Crippen molar-refractivity contribution in [3.8, 4) is 16.9 Å². The Hall–Kier alpha value is -4.31. The van der Waals surface area contributed by atoms with E-state index in [-0.39, 0.29) is 29.9 Å². The van der Waals surface area contributed by atoms with E-state index in [0.717, 1.165) is 17.7 Å². The predicted octanol–water partition coefficient (Wildman–Crippen LogP) is 3.68. The van der Waals surface area contributed by atoms with Crippen molar-refractivity contribution in [1.29, 1.82) is 0 Å². The molecule has 3 aromatic rings. The molecule has 3 aromatic carbocycles. The molecule has 1 heterocycles. The lowest BCUT2D eigenvalue weighted by atomic mass is 10.00. The zero-order valence-corrected chi connectivity index (χ0v) is 20.7. The molecule has 0 fully saturated rings. The third-order valence-electron chi connectivity index (χ3n) is 6.27. The molecule has 0 saturated heterocycles. The lowest BCUT2D eigenvalue weighted by molar-refractivity contribution is -0.141. The zero-order valence-electron chi connectivity index (χ0n) is 20.7. The fourth-order valence-electron chi connectivity index (χ4n) is 4.22. The minimum absolute atomic E-state index is 0.0719. The topological polar surface area (TPSA) is 113 Å². The molecule has 0 aliphatic carbocycles. The van der Waals surface area contributed by atoms with E-state index in [2.05, 4.69) is 0 Å². The van der Waals surface area contributed by atoms with Gasteiger partial charge in [0, 0.05) is 24.7 Å². The van der Waals surface area contributed by atoms with Crippen LogP contribution in [0.4, 0.5) is 14.5 Å². The Bertz CT molecular complexity index is 1360. The van der Waals surface area contributed by atoms with Crippen LogP contribution < -0.4 is 15.4 Å². The number of carbonyl (C=O) groups is 3. The van der Waals surface area contributed by atoms with Gasteiger partial charge >= 0.3 is 5.97 Å². The number of amides is 2. The maximum absolute atomic E-state index is 14.5. The van der Waals surface area contributed by atoms with Gasteiger partial charge in [0.05, 0.1) is 23.7 Å². The van der Waals surface area contributed by atoms with Crippen LogP contribution in [0.1, 0.15) is 22.8 Å². The van der Waals surface area contributed by atoms with Crippen LogP contribution in [-0.2, 0) is 16.1 Å². The average molecular weight is 524 g/mol. The van der Waals surface area contributed by atoms with Crippen LogP contribution in [0.3, 0.4) is 0 Å². The highest BCUT2D eigenvalue weighted by Crippen LogP contribution is 2.33. The highest BCUT2D eigenvalue weighted by atomic mass is 19.1. The number of benzene rings is 3. The molecular weight excluding hydrogens is 496 g/mol. The molecule has 0 saturated carbocycles. The number of fused-ring (bicyclic) bond motifs is 1. The monoisotopic (exact) mass is 523 g/mol. The Morgan fingerprint density at radius 2 is 1.76 bits per heavy atom. The Morgan fingerprint density at radius 3 is 2.42 bits per heavy atom. The van der Waals surface area contributed by atoms with Gasteiger partial charge in [-0.05, 0) is 41.5 Å². The molecule has 1 atom stereocenters. The molecule has 38 heavy (non-hydrogen) atoms. The standard InChI is InChI=1S/C28H27F2N3O5/c1-17(28(36)37)14-32-16-26(34)33(15-20-2-6-21(29)13-24(20)30)25-9-5-19(12-23(25)27(32)35)18-3-7-22(8-4-18)38-11-10-31/h2-9,12-13,17H,10-11,14-16,31H2,1H3,(H,36,37). The summed E-state index contributed by atoms with van der Waals surface area (Å²) < 4.78 is 33.4. The van der Waals surface area contributed by atoms with Crippen LogP contribution in [0.2, 0.25) is 0 Å². The Labute approximate surface area is 218 Å². The SMILES string of the molecule is CC(CN1CC(=O)N(Cc2ccc(F)cc2F)c2ccc(-c3ccc(OCCN)cc3)cc2C1=O)C(=O)O. The van der Waals surface area contributed by atoms with E-state index in [1.54, 1.807) is 30.3 Å². The van der Waals surface area contributed by atoms with E-state index in [1.807, 2.05) is 12.1 Å². The molecule has 198 valence electrons. The maximum Gasteiger partial charge on any atom is 0.308 e. The largest absolute Gasteiger partial charge is 0.492 e. The second kappa shape index (κ2) is 11.4. The third-order valence-corrected chi connectivity index (χ3v) is 6.27. The number of ether oxygens (including phenoxy) is 1. The molecule has 0 radical (unpaired) electrons. The number of carboxylic acid groups (broad SMARTS) is 1. The van der Waals surface area contributed by atoms with Gasteiger partial charge in [0.2, 0.25) is 5.91 Å². The summed E-state index contributed by atoms with van der Waals surface area (Å²) in [4.78, 5) is 40.8. The summed E-state index contributed by atoms with van der Waals surface area (Å²) in [5, 5.41) is 9.38. The van der Waals surface area contributed by atoms with Crippen molar-refractivity contribution >= 4 is 23.5 Å². The Balaban J connectivity index is 1.75. The van der Waals surface area contributed by atoms with E-state index in [4.69, 9.17) is 10.5 Å². The molecule has 0 spiro atoms. The van der Waals surface area contributed by atoms with Crippen molar-refractivity contribution in [2.45, 2.75) is 13.5 Å². The van der Waals surface area contributed by atoms with E-state index in [9.17, 15) is 28.3 Å². The summed E-state index contributed by atoms with van der Waals surface area (Å²) in [6.07, 6.45) is 0. The fraction of sp³-hybridized carbons (Fsp3) is 0.250. The van der Waals surface area contributed by atoms with Gasteiger partial charge in [-0.2, -0.15) is 0 Å². The highest BCUT2D eigenvalue weighted by molar-refractivity contribution is 6.10. The second-order valence-electron chi connectivity index (χ2n) is 9.03. The fourth-order valence-corrected chi connectivity index (χ4v) is 4.22.